The molecule has 0 spiro atoms. The van der Waals surface area contributed by atoms with Gasteiger partial charge in [-0.1, -0.05) is 0 Å². The minimum atomic E-state index is -0.571. The summed E-state index contributed by atoms with van der Waals surface area (Å²) in [5.41, 5.74) is 6.52. The van der Waals surface area contributed by atoms with Crippen LogP contribution in [0.4, 0.5) is 5.95 Å². The third-order valence-electron chi connectivity index (χ3n) is 2.24. The number of aliphatic hydroxyl groups is 1. The molecule has 0 fully saturated rings. The molecule has 0 aliphatic rings. The molecule has 6 heteroatoms. The third kappa shape index (κ3) is 4.54. The Labute approximate surface area is 101 Å². The van der Waals surface area contributed by atoms with Gasteiger partial charge in [0.15, 0.2) is 0 Å². The van der Waals surface area contributed by atoms with Gasteiger partial charge in [-0.15, -0.1) is 0 Å². The van der Waals surface area contributed by atoms with Crippen molar-refractivity contribution in [2.24, 2.45) is 5.73 Å². The number of aryl methyl sites for hydroxylation is 1. The van der Waals surface area contributed by atoms with Crippen LogP contribution in [0.5, 0.6) is 5.88 Å². The van der Waals surface area contributed by atoms with E-state index in [0.29, 0.717) is 25.0 Å². The zero-order chi connectivity index (χ0) is 12.8. The van der Waals surface area contributed by atoms with Gasteiger partial charge in [-0.2, -0.15) is 4.98 Å². The molecule has 2 atom stereocenters. The summed E-state index contributed by atoms with van der Waals surface area (Å²) in [7, 11) is 0. The Morgan fingerprint density at radius 3 is 2.82 bits per heavy atom. The van der Waals surface area contributed by atoms with Crippen molar-refractivity contribution in [3.8, 4) is 5.88 Å². The second-order valence-corrected chi connectivity index (χ2v) is 3.89. The Bertz CT molecular complexity index is 357. The van der Waals surface area contributed by atoms with Crippen molar-refractivity contribution in [2.45, 2.75) is 32.9 Å². The highest BCUT2D eigenvalue weighted by molar-refractivity contribution is 5.30. The normalized spacial score (nSPS) is 14.2. The summed E-state index contributed by atoms with van der Waals surface area (Å²) in [6.07, 6.45) is -0.571. The molecule has 0 radical (unpaired) electrons. The Hall–Kier alpha value is -1.40. The Balaban J connectivity index is 2.64. The van der Waals surface area contributed by atoms with Crippen molar-refractivity contribution in [2.75, 3.05) is 18.5 Å². The Morgan fingerprint density at radius 2 is 2.24 bits per heavy atom. The van der Waals surface area contributed by atoms with Crippen molar-refractivity contribution < 1.29 is 9.84 Å². The first-order valence-corrected chi connectivity index (χ1v) is 5.69. The number of hydrogen-bond donors (Lipinski definition) is 3. The van der Waals surface area contributed by atoms with Gasteiger partial charge in [0.05, 0.1) is 12.7 Å². The minimum Gasteiger partial charge on any atom is -0.478 e. The fourth-order valence-electron chi connectivity index (χ4n) is 1.22. The first-order valence-electron chi connectivity index (χ1n) is 5.69. The lowest BCUT2D eigenvalue weighted by Gasteiger charge is -2.15. The number of rotatable bonds is 6. The fraction of sp³-hybridized carbons (Fsp3) is 0.636. The lowest BCUT2D eigenvalue weighted by atomic mass is 10.2. The number of ether oxygens (including phenoxy) is 1. The second-order valence-electron chi connectivity index (χ2n) is 3.89. The monoisotopic (exact) mass is 240 g/mol. The van der Waals surface area contributed by atoms with E-state index in [0.717, 1.165) is 5.69 Å². The lowest BCUT2D eigenvalue weighted by molar-refractivity contribution is 0.168. The molecule has 1 aromatic heterocycles. The number of nitrogens with one attached hydrogen (secondary N) is 1. The predicted octanol–water partition coefficient (Wildman–Crippen LogP) is 0.304. The molecule has 0 amide bonds. The molecule has 1 aromatic rings. The summed E-state index contributed by atoms with van der Waals surface area (Å²) in [6.45, 7) is 6.38. The molecule has 4 N–H and O–H groups in total. The number of hydrogen-bond acceptors (Lipinski definition) is 6. The summed E-state index contributed by atoms with van der Waals surface area (Å²) in [5, 5.41) is 12.2. The first-order chi connectivity index (χ1) is 8.02. The summed E-state index contributed by atoms with van der Waals surface area (Å²) >= 11 is 0. The molecular formula is C11H20N4O2. The Morgan fingerprint density at radius 1 is 1.53 bits per heavy atom. The molecular weight excluding hydrogens is 220 g/mol. The van der Waals surface area contributed by atoms with Crippen molar-refractivity contribution >= 4 is 5.95 Å². The van der Waals surface area contributed by atoms with E-state index in [-0.39, 0.29) is 6.04 Å². The van der Waals surface area contributed by atoms with Crippen LogP contribution >= 0.6 is 0 Å². The number of nitrogens with zero attached hydrogens (tertiary/aromatic N) is 2. The van der Waals surface area contributed by atoms with E-state index in [9.17, 15) is 5.11 Å². The molecule has 1 rings (SSSR count). The molecule has 96 valence electrons. The van der Waals surface area contributed by atoms with Crippen LogP contribution in [0.15, 0.2) is 6.07 Å². The van der Waals surface area contributed by atoms with Crippen molar-refractivity contribution in [1.29, 1.82) is 0 Å². The average Bonchev–Trinajstić information content (AvgIpc) is 2.25. The van der Waals surface area contributed by atoms with Gasteiger partial charge >= 0.3 is 0 Å². The van der Waals surface area contributed by atoms with Crippen molar-refractivity contribution in [3.05, 3.63) is 11.8 Å². The van der Waals surface area contributed by atoms with Crippen LogP contribution < -0.4 is 15.8 Å². The molecule has 17 heavy (non-hydrogen) atoms. The van der Waals surface area contributed by atoms with Gasteiger partial charge < -0.3 is 20.9 Å². The number of anilines is 1. The number of aliphatic hydroxyl groups excluding tert-OH is 1. The van der Waals surface area contributed by atoms with E-state index in [1.165, 1.54) is 0 Å². The first kappa shape index (κ1) is 13.7. The summed E-state index contributed by atoms with van der Waals surface area (Å²) < 4.78 is 5.31. The quantitative estimate of drug-likeness (QED) is 0.662. The van der Waals surface area contributed by atoms with Gasteiger partial charge in [0.2, 0.25) is 11.8 Å². The maximum atomic E-state index is 9.26. The van der Waals surface area contributed by atoms with Gasteiger partial charge in [0.1, 0.15) is 0 Å². The second kappa shape index (κ2) is 6.36. The lowest BCUT2D eigenvalue weighted by Crippen LogP contribution is -2.39. The fourth-order valence-corrected chi connectivity index (χ4v) is 1.22. The van der Waals surface area contributed by atoms with E-state index in [2.05, 4.69) is 15.3 Å². The molecule has 0 saturated heterocycles. The van der Waals surface area contributed by atoms with Crippen molar-refractivity contribution in [1.82, 2.24) is 9.97 Å². The summed E-state index contributed by atoms with van der Waals surface area (Å²) in [5.74, 6) is 0.998. The van der Waals surface area contributed by atoms with Gasteiger partial charge in [0, 0.05) is 24.3 Å². The van der Waals surface area contributed by atoms with Gasteiger partial charge in [-0.3, -0.25) is 0 Å². The van der Waals surface area contributed by atoms with E-state index < -0.39 is 6.10 Å². The molecule has 1 heterocycles. The van der Waals surface area contributed by atoms with E-state index >= 15 is 0 Å². The molecule has 0 aliphatic heterocycles. The van der Waals surface area contributed by atoms with Crippen LogP contribution in [0.1, 0.15) is 19.5 Å². The van der Waals surface area contributed by atoms with Crippen LogP contribution in [0.3, 0.4) is 0 Å². The maximum absolute atomic E-state index is 9.26. The highest BCUT2D eigenvalue weighted by Gasteiger charge is 2.10. The van der Waals surface area contributed by atoms with E-state index in [1.807, 2.05) is 13.8 Å². The van der Waals surface area contributed by atoms with Crippen LogP contribution in [0.2, 0.25) is 0 Å². The number of aromatic nitrogens is 2. The van der Waals surface area contributed by atoms with E-state index in [1.54, 1.807) is 13.0 Å². The summed E-state index contributed by atoms with van der Waals surface area (Å²) in [6, 6.07) is 1.41. The molecule has 0 aromatic carbocycles. The Kier molecular flexibility index (Phi) is 5.11. The van der Waals surface area contributed by atoms with Crippen LogP contribution in [-0.2, 0) is 0 Å². The molecule has 2 unspecified atom stereocenters. The largest absolute Gasteiger partial charge is 0.478 e. The van der Waals surface area contributed by atoms with Gasteiger partial charge in [-0.05, 0) is 20.8 Å². The highest BCUT2D eigenvalue weighted by Crippen LogP contribution is 2.11. The zero-order valence-electron chi connectivity index (χ0n) is 10.5. The van der Waals surface area contributed by atoms with Crippen LogP contribution in [0, 0.1) is 6.92 Å². The summed E-state index contributed by atoms with van der Waals surface area (Å²) in [4.78, 5) is 8.38. The topological polar surface area (TPSA) is 93.3 Å². The van der Waals surface area contributed by atoms with Crippen LogP contribution in [-0.4, -0.2) is 40.4 Å². The maximum Gasteiger partial charge on any atom is 0.226 e. The molecule has 0 aliphatic carbocycles. The SMILES string of the molecule is CCOc1cc(C)nc(NCC(N)C(C)O)n1. The smallest absolute Gasteiger partial charge is 0.226 e. The zero-order valence-corrected chi connectivity index (χ0v) is 10.5. The van der Waals surface area contributed by atoms with Gasteiger partial charge in [0.25, 0.3) is 0 Å². The van der Waals surface area contributed by atoms with Gasteiger partial charge in [-0.25, -0.2) is 4.98 Å². The average molecular weight is 240 g/mol. The van der Waals surface area contributed by atoms with Crippen molar-refractivity contribution in [3.63, 3.8) is 0 Å². The molecule has 0 saturated carbocycles. The van der Waals surface area contributed by atoms with E-state index in [4.69, 9.17) is 10.5 Å². The highest BCUT2D eigenvalue weighted by atomic mass is 16.5. The minimum absolute atomic E-state index is 0.352. The molecule has 6 nitrogen and oxygen atoms in total. The predicted molar refractivity (Wildman–Crippen MR) is 66.1 cm³/mol. The number of nitrogens with two attached hydrogens (primary N) is 1. The molecule has 0 bridgehead atoms. The third-order valence-corrected chi connectivity index (χ3v) is 2.24. The standard InChI is InChI=1S/C11H20N4O2/c1-4-17-10-5-7(2)14-11(15-10)13-6-9(12)8(3)16/h5,8-9,16H,4,6,12H2,1-3H3,(H,13,14,15). The van der Waals surface area contributed by atoms with Crippen LogP contribution in [0.25, 0.3) is 0 Å².